The summed E-state index contributed by atoms with van der Waals surface area (Å²) in [7, 11) is 0. The summed E-state index contributed by atoms with van der Waals surface area (Å²) in [5.74, 6) is 0.654. The van der Waals surface area contributed by atoms with Gasteiger partial charge in [0.2, 0.25) is 0 Å². The van der Waals surface area contributed by atoms with Crippen molar-refractivity contribution in [3.63, 3.8) is 0 Å². The van der Waals surface area contributed by atoms with Crippen molar-refractivity contribution in [2.75, 3.05) is 6.54 Å². The van der Waals surface area contributed by atoms with Crippen LogP contribution >= 0.6 is 0 Å². The lowest BCUT2D eigenvalue weighted by molar-refractivity contribution is -0.0587. The number of nitrogens with two attached hydrogens (primary N) is 1. The Morgan fingerprint density at radius 2 is 2.17 bits per heavy atom. The third kappa shape index (κ3) is 1.50. The summed E-state index contributed by atoms with van der Waals surface area (Å²) >= 11 is 0. The first-order chi connectivity index (χ1) is 5.41. The smallest absolute Gasteiger partial charge is 0.0713 e. The van der Waals surface area contributed by atoms with Gasteiger partial charge in [0.05, 0.1) is 5.60 Å². The Morgan fingerprint density at radius 1 is 1.58 bits per heavy atom. The third-order valence-electron chi connectivity index (χ3n) is 3.51. The van der Waals surface area contributed by atoms with Gasteiger partial charge in [0, 0.05) is 12.0 Å². The van der Waals surface area contributed by atoms with Crippen molar-refractivity contribution in [3.8, 4) is 0 Å². The SMILES string of the molecule is CC1CCC(O)(C(C)(C)CN)C1. The van der Waals surface area contributed by atoms with Gasteiger partial charge in [0.1, 0.15) is 0 Å². The summed E-state index contributed by atoms with van der Waals surface area (Å²) in [6.07, 6.45) is 2.97. The van der Waals surface area contributed by atoms with Crippen molar-refractivity contribution in [1.82, 2.24) is 0 Å². The first-order valence-electron chi connectivity index (χ1n) is 4.84. The number of hydrogen-bond acceptors (Lipinski definition) is 2. The van der Waals surface area contributed by atoms with Crippen molar-refractivity contribution in [2.45, 2.75) is 45.6 Å². The Hall–Kier alpha value is -0.0800. The molecule has 0 aromatic rings. The Balaban J connectivity index is 2.72. The van der Waals surface area contributed by atoms with Crippen molar-refractivity contribution < 1.29 is 5.11 Å². The molecule has 0 spiro atoms. The van der Waals surface area contributed by atoms with E-state index in [1.165, 1.54) is 0 Å². The van der Waals surface area contributed by atoms with Crippen LogP contribution in [0.4, 0.5) is 0 Å². The molecule has 3 N–H and O–H groups in total. The second-order valence-electron chi connectivity index (χ2n) is 4.97. The topological polar surface area (TPSA) is 46.2 Å². The van der Waals surface area contributed by atoms with Gasteiger partial charge in [-0.15, -0.1) is 0 Å². The maximum absolute atomic E-state index is 10.3. The van der Waals surface area contributed by atoms with Crippen LogP contribution in [0.5, 0.6) is 0 Å². The van der Waals surface area contributed by atoms with E-state index in [2.05, 4.69) is 20.8 Å². The summed E-state index contributed by atoms with van der Waals surface area (Å²) in [6.45, 7) is 6.89. The molecule has 1 rings (SSSR count). The predicted molar refractivity (Wildman–Crippen MR) is 50.8 cm³/mol. The molecule has 2 atom stereocenters. The Labute approximate surface area is 75.2 Å². The highest BCUT2D eigenvalue weighted by Crippen LogP contribution is 2.45. The minimum absolute atomic E-state index is 0.127. The van der Waals surface area contributed by atoms with E-state index < -0.39 is 5.60 Å². The Kier molecular flexibility index (Phi) is 2.50. The summed E-state index contributed by atoms with van der Waals surface area (Å²) in [4.78, 5) is 0. The second-order valence-corrected chi connectivity index (χ2v) is 4.97. The molecule has 0 amide bonds. The standard InChI is InChI=1S/C10H21NO/c1-8-4-5-10(12,6-8)9(2,3)7-11/h8,12H,4-7,11H2,1-3H3. The Bertz CT molecular complexity index is 167. The molecular weight excluding hydrogens is 150 g/mol. The fourth-order valence-electron chi connectivity index (χ4n) is 2.07. The van der Waals surface area contributed by atoms with E-state index in [1.807, 2.05) is 0 Å². The molecular formula is C10H21NO. The highest BCUT2D eigenvalue weighted by atomic mass is 16.3. The van der Waals surface area contributed by atoms with Crippen molar-refractivity contribution >= 4 is 0 Å². The van der Waals surface area contributed by atoms with Crippen LogP contribution in [-0.2, 0) is 0 Å². The van der Waals surface area contributed by atoms with Gasteiger partial charge in [0.25, 0.3) is 0 Å². The minimum Gasteiger partial charge on any atom is -0.389 e. The molecule has 0 aliphatic heterocycles. The van der Waals surface area contributed by atoms with Crippen molar-refractivity contribution in [2.24, 2.45) is 17.1 Å². The second kappa shape index (κ2) is 3.00. The average molecular weight is 171 g/mol. The molecule has 2 unspecified atom stereocenters. The molecule has 1 saturated carbocycles. The monoisotopic (exact) mass is 171 g/mol. The van der Waals surface area contributed by atoms with E-state index in [0.717, 1.165) is 19.3 Å². The van der Waals surface area contributed by atoms with Crippen LogP contribution in [0.3, 0.4) is 0 Å². The lowest BCUT2D eigenvalue weighted by atomic mass is 9.73. The lowest BCUT2D eigenvalue weighted by Crippen LogP contribution is -2.47. The largest absolute Gasteiger partial charge is 0.389 e. The van der Waals surface area contributed by atoms with Crippen LogP contribution in [0.15, 0.2) is 0 Å². The first-order valence-corrected chi connectivity index (χ1v) is 4.84. The molecule has 2 heteroatoms. The van der Waals surface area contributed by atoms with Crippen LogP contribution in [0.1, 0.15) is 40.0 Å². The van der Waals surface area contributed by atoms with Gasteiger partial charge in [0.15, 0.2) is 0 Å². The molecule has 1 fully saturated rings. The molecule has 0 bridgehead atoms. The Morgan fingerprint density at radius 3 is 2.50 bits per heavy atom. The molecule has 0 radical (unpaired) electrons. The summed E-state index contributed by atoms with van der Waals surface area (Å²) < 4.78 is 0. The first kappa shape index (κ1) is 10.0. The quantitative estimate of drug-likeness (QED) is 0.661. The molecule has 1 aliphatic rings. The molecule has 1 aliphatic carbocycles. The van der Waals surface area contributed by atoms with Gasteiger partial charge < -0.3 is 10.8 Å². The molecule has 0 aromatic carbocycles. The summed E-state index contributed by atoms with van der Waals surface area (Å²) in [5, 5.41) is 10.3. The fraction of sp³-hybridized carbons (Fsp3) is 1.00. The summed E-state index contributed by atoms with van der Waals surface area (Å²) in [5.41, 5.74) is 5.02. The van der Waals surface area contributed by atoms with Gasteiger partial charge in [-0.1, -0.05) is 20.8 Å². The zero-order chi connectivity index (χ0) is 9.41. The van der Waals surface area contributed by atoms with E-state index in [9.17, 15) is 5.11 Å². The minimum atomic E-state index is -0.513. The van der Waals surface area contributed by atoms with Crippen LogP contribution in [0.25, 0.3) is 0 Å². The number of rotatable bonds is 2. The number of hydrogen-bond donors (Lipinski definition) is 2. The molecule has 0 heterocycles. The van der Waals surface area contributed by atoms with Gasteiger partial charge in [-0.3, -0.25) is 0 Å². The molecule has 0 aromatic heterocycles. The predicted octanol–water partition coefficient (Wildman–Crippen LogP) is 1.52. The van der Waals surface area contributed by atoms with E-state index in [1.54, 1.807) is 0 Å². The molecule has 0 saturated heterocycles. The molecule has 12 heavy (non-hydrogen) atoms. The number of aliphatic hydroxyl groups is 1. The van der Waals surface area contributed by atoms with Crippen LogP contribution in [-0.4, -0.2) is 17.3 Å². The van der Waals surface area contributed by atoms with Crippen molar-refractivity contribution in [1.29, 1.82) is 0 Å². The highest BCUT2D eigenvalue weighted by Gasteiger charge is 2.46. The summed E-state index contributed by atoms with van der Waals surface area (Å²) in [6, 6.07) is 0. The van der Waals surface area contributed by atoms with Gasteiger partial charge in [-0.25, -0.2) is 0 Å². The van der Waals surface area contributed by atoms with E-state index >= 15 is 0 Å². The van der Waals surface area contributed by atoms with Crippen LogP contribution in [0, 0.1) is 11.3 Å². The molecule has 2 nitrogen and oxygen atoms in total. The maximum Gasteiger partial charge on any atom is 0.0713 e. The van der Waals surface area contributed by atoms with Crippen LogP contribution < -0.4 is 5.73 Å². The van der Waals surface area contributed by atoms with Gasteiger partial charge in [-0.05, 0) is 25.2 Å². The molecule has 72 valence electrons. The van der Waals surface area contributed by atoms with E-state index in [0.29, 0.717) is 12.5 Å². The van der Waals surface area contributed by atoms with E-state index in [-0.39, 0.29) is 5.41 Å². The van der Waals surface area contributed by atoms with Gasteiger partial charge >= 0.3 is 0 Å². The van der Waals surface area contributed by atoms with Crippen LogP contribution in [0.2, 0.25) is 0 Å². The third-order valence-corrected chi connectivity index (χ3v) is 3.51. The fourth-order valence-corrected chi connectivity index (χ4v) is 2.07. The zero-order valence-corrected chi connectivity index (χ0v) is 8.43. The van der Waals surface area contributed by atoms with Gasteiger partial charge in [-0.2, -0.15) is 0 Å². The maximum atomic E-state index is 10.3. The van der Waals surface area contributed by atoms with Crippen molar-refractivity contribution in [3.05, 3.63) is 0 Å². The zero-order valence-electron chi connectivity index (χ0n) is 8.43. The highest BCUT2D eigenvalue weighted by molar-refractivity contribution is 4.98. The lowest BCUT2D eigenvalue weighted by Gasteiger charge is -2.39. The normalized spacial score (nSPS) is 37.2. The van der Waals surface area contributed by atoms with E-state index in [4.69, 9.17) is 5.73 Å². The average Bonchev–Trinajstić information content (AvgIpc) is 2.33.